The maximum absolute atomic E-state index is 11.6. The lowest BCUT2D eigenvalue weighted by molar-refractivity contribution is -0.121. The average Bonchev–Trinajstić information content (AvgIpc) is 2.39. The number of nitrogen functional groups attached to an aromatic ring is 1. The first-order chi connectivity index (χ1) is 8.93. The van der Waals surface area contributed by atoms with E-state index in [1.165, 1.54) is 0 Å². The Hall–Kier alpha value is -1.36. The van der Waals surface area contributed by atoms with Crippen LogP contribution in [0.1, 0.15) is 20.3 Å². The van der Waals surface area contributed by atoms with E-state index in [1.54, 1.807) is 36.0 Å². The summed E-state index contributed by atoms with van der Waals surface area (Å²) in [5.74, 6) is 0.740. The Labute approximate surface area is 119 Å². The number of carbonyl (C=O) groups excluding carboxylic acids is 1. The second kappa shape index (κ2) is 7.28. The number of carbonyl (C=O) groups is 1. The second-order valence-electron chi connectivity index (χ2n) is 4.91. The Balaban J connectivity index is 2.22. The van der Waals surface area contributed by atoms with Crippen LogP contribution >= 0.6 is 11.8 Å². The number of thioether (sulfide) groups is 1. The molecule has 0 aromatic heterocycles. The molecule has 3 N–H and O–H groups in total. The molecule has 1 amide bonds. The van der Waals surface area contributed by atoms with Crippen LogP contribution in [0.25, 0.3) is 0 Å². The van der Waals surface area contributed by atoms with Crippen molar-refractivity contribution in [2.24, 2.45) is 0 Å². The summed E-state index contributed by atoms with van der Waals surface area (Å²) >= 11 is 1.73. The van der Waals surface area contributed by atoms with Crippen LogP contribution in [0.4, 0.5) is 5.69 Å². The second-order valence-corrected chi connectivity index (χ2v) is 6.42. The zero-order valence-corrected chi connectivity index (χ0v) is 12.5. The molecule has 0 spiro atoms. The maximum Gasteiger partial charge on any atom is 0.223 e. The number of hydrogen-bond donors (Lipinski definition) is 2. The molecule has 4 nitrogen and oxygen atoms in total. The molecule has 0 aliphatic carbocycles. The fourth-order valence-electron chi connectivity index (χ4n) is 1.30. The van der Waals surface area contributed by atoms with Crippen molar-refractivity contribution in [2.75, 3.05) is 25.1 Å². The number of nitrogens with one attached hydrogen (secondary N) is 1. The minimum Gasteiger partial charge on any atom is -0.493 e. The lowest BCUT2D eigenvalue weighted by Gasteiger charge is -2.22. The summed E-state index contributed by atoms with van der Waals surface area (Å²) in [4.78, 5) is 11.6. The molecule has 0 radical (unpaired) electrons. The first kappa shape index (κ1) is 15.7. The predicted molar refractivity (Wildman–Crippen MR) is 81.6 cm³/mol. The number of ether oxygens (including phenoxy) is 1. The van der Waals surface area contributed by atoms with E-state index in [1.807, 2.05) is 6.26 Å². The van der Waals surface area contributed by atoms with Gasteiger partial charge in [-0.3, -0.25) is 4.79 Å². The Bertz CT molecular complexity index is 404. The van der Waals surface area contributed by atoms with Gasteiger partial charge in [-0.15, -0.1) is 0 Å². The summed E-state index contributed by atoms with van der Waals surface area (Å²) in [6.45, 7) is 5.23. The Morgan fingerprint density at radius 2 is 2.00 bits per heavy atom. The molecule has 0 saturated carbocycles. The van der Waals surface area contributed by atoms with Crippen LogP contribution in [0.2, 0.25) is 0 Å². The van der Waals surface area contributed by atoms with E-state index in [2.05, 4.69) is 19.2 Å². The van der Waals surface area contributed by atoms with Crippen molar-refractivity contribution in [3.05, 3.63) is 24.3 Å². The molecule has 5 heteroatoms. The highest BCUT2D eigenvalue weighted by Crippen LogP contribution is 2.19. The predicted octanol–water partition coefficient (Wildman–Crippen LogP) is 2.30. The molecule has 0 fully saturated rings. The molecule has 1 aromatic carbocycles. The van der Waals surface area contributed by atoms with E-state index in [9.17, 15) is 4.79 Å². The zero-order chi connectivity index (χ0) is 14.3. The van der Waals surface area contributed by atoms with Crippen molar-refractivity contribution < 1.29 is 9.53 Å². The fourth-order valence-corrected chi connectivity index (χ4v) is 1.51. The number of anilines is 1. The largest absolute Gasteiger partial charge is 0.493 e. The minimum atomic E-state index is 0.0116. The van der Waals surface area contributed by atoms with Crippen molar-refractivity contribution in [3.8, 4) is 5.75 Å². The molecule has 19 heavy (non-hydrogen) atoms. The van der Waals surface area contributed by atoms with E-state index in [-0.39, 0.29) is 10.7 Å². The molecule has 0 aliphatic heterocycles. The van der Waals surface area contributed by atoms with Crippen molar-refractivity contribution in [1.82, 2.24) is 5.32 Å². The van der Waals surface area contributed by atoms with Gasteiger partial charge in [0.05, 0.1) is 13.0 Å². The lowest BCUT2D eigenvalue weighted by Crippen LogP contribution is -2.36. The van der Waals surface area contributed by atoms with Gasteiger partial charge in [0.15, 0.2) is 0 Å². The van der Waals surface area contributed by atoms with Gasteiger partial charge in [-0.2, -0.15) is 11.8 Å². The molecule has 0 aliphatic rings. The van der Waals surface area contributed by atoms with E-state index in [4.69, 9.17) is 10.5 Å². The summed E-state index contributed by atoms with van der Waals surface area (Å²) in [5.41, 5.74) is 6.27. The van der Waals surface area contributed by atoms with Crippen LogP contribution < -0.4 is 15.8 Å². The first-order valence-corrected chi connectivity index (χ1v) is 7.45. The molecule has 106 valence electrons. The third kappa shape index (κ3) is 6.38. The monoisotopic (exact) mass is 282 g/mol. The maximum atomic E-state index is 11.6. The van der Waals surface area contributed by atoms with Crippen molar-refractivity contribution in [1.29, 1.82) is 0 Å². The van der Waals surface area contributed by atoms with Gasteiger partial charge >= 0.3 is 0 Å². The molecule has 0 atom stereocenters. The van der Waals surface area contributed by atoms with Gasteiger partial charge < -0.3 is 15.8 Å². The van der Waals surface area contributed by atoms with Gasteiger partial charge in [-0.1, -0.05) is 0 Å². The normalized spacial score (nSPS) is 11.1. The summed E-state index contributed by atoms with van der Waals surface area (Å²) in [6.07, 6.45) is 2.39. The van der Waals surface area contributed by atoms with Gasteiger partial charge in [0, 0.05) is 17.0 Å². The molecule has 0 bridgehead atoms. The standard InChI is InChI=1S/C14H22N2O2S/c1-14(2,19-3)10-16-13(17)8-9-18-12-6-4-11(15)5-7-12/h4-7H,8-10,15H2,1-3H3,(H,16,17). The Kier molecular flexibility index (Phi) is 6.02. The minimum absolute atomic E-state index is 0.0116. The third-order valence-electron chi connectivity index (χ3n) is 2.74. The lowest BCUT2D eigenvalue weighted by atomic mass is 10.2. The number of benzene rings is 1. The summed E-state index contributed by atoms with van der Waals surface area (Å²) < 4.78 is 5.53. The van der Waals surface area contributed by atoms with Gasteiger partial charge in [-0.05, 0) is 44.4 Å². The number of amides is 1. The molecule has 1 rings (SSSR count). The van der Waals surface area contributed by atoms with Crippen molar-refractivity contribution in [3.63, 3.8) is 0 Å². The van der Waals surface area contributed by atoms with Crippen LogP contribution in [0.3, 0.4) is 0 Å². The first-order valence-electron chi connectivity index (χ1n) is 6.23. The van der Waals surface area contributed by atoms with Crippen LogP contribution in [-0.4, -0.2) is 30.1 Å². The summed E-state index contributed by atoms with van der Waals surface area (Å²) in [5, 5.41) is 2.91. The summed E-state index contributed by atoms with van der Waals surface area (Å²) in [7, 11) is 0. The number of hydrogen-bond acceptors (Lipinski definition) is 4. The van der Waals surface area contributed by atoms with Gasteiger partial charge in [0.25, 0.3) is 0 Å². The molecular weight excluding hydrogens is 260 g/mol. The van der Waals surface area contributed by atoms with Crippen molar-refractivity contribution in [2.45, 2.75) is 25.0 Å². The van der Waals surface area contributed by atoms with Crippen LogP contribution in [0, 0.1) is 0 Å². The molecular formula is C14H22N2O2S. The van der Waals surface area contributed by atoms with Gasteiger partial charge in [-0.25, -0.2) is 0 Å². The van der Waals surface area contributed by atoms with Crippen molar-refractivity contribution >= 4 is 23.4 Å². The highest BCUT2D eigenvalue weighted by atomic mass is 32.2. The Morgan fingerprint density at radius 3 is 2.58 bits per heavy atom. The topological polar surface area (TPSA) is 64.3 Å². The molecule has 0 saturated heterocycles. The third-order valence-corrected chi connectivity index (χ3v) is 3.99. The van der Waals surface area contributed by atoms with E-state index in [0.29, 0.717) is 25.3 Å². The van der Waals surface area contributed by atoms with Gasteiger partial charge in [0.1, 0.15) is 5.75 Å². The smallest absolute Gasteiger partial charge is 0.223 e. The molecule has 1 aromatic rings. The fraction of sp³-hybridized carbons (Fsp3) is 0.500. The van der Waals surface area contributed by atoms with E-state index in [0.717, 1.165) is 5.75 Å². The van der Waals surface area contributed by atoms with Crippen LogP contribution in [0.5, 0.6) is 5.75 Å². The molecule has 0 unspecified atom stereocenters. The quantitative estimate of drug-likeness (QED) is 0.753. The number of nitrogens with two attached hydrogens (primary N) is 1. The van der Waals surface area contributed by atoms with Crippen LogP contribution in [0.15, 0.2) is 24.3 Å². The van der Waals surface area contributed by atoms with Crippen LogP contribution in [-0.2, 0) is 4.79 Å². The highest BCUT2D eigenvalue weighted by molar-refractivity contribution is 7.99. The number of rotatable bonds is 7. The summed E-state index contributed by atoms with van der Waals surface area (Å²) in [6, 6.07) is 7.14. The zero-order valence-electron chi connectivity index (χ0n) is 11.7. The SMILES string of the molecule is CSC(C)(C)CNC(=O)CCOc1ccc(N)cc1. The van der Waals surface area contributed by atoms with Gasteiger partial charge in [0.2, 0.25) is 5.91 Å². The average molecular weight is 282 g/mol. The molecule has 0 heterocycles. The highest BCUT2D eigenvalue weighted by Gasteiger charge is 2.16. The Morgan fingerprint density at radius 1 is 1.37 bits per heavy atom. The van der Waals surface area contributed by atoms with E-state index >= 15 is 0 Å². The van der Waals surface area contributed by atoms with E-state index < -0.39 is 0 Å².